The lowest BCUT2D eigenvalue weighted by molar-refractivity contribution is -0.130. The van der Waals surface area contributed by atoms with Gasteiger partial charge in [-0.1, -0.05) is 43.5 Å². The van der Waals surface area contributed by atoms with E-state index in [4.69, 9.17) is 0 Å². The zero-order valence-corrected chi connectivity index (χ0v) is 14.8. The van der Waals surface area contributed by atoms with Crippen molar-refractivity contribution in [3.63, 3.8) is 0 Å². The number of hydrogen-bond acceptors (Lipinski definition) is 2. The molecule has 0 spiro atoms. The summed E-state index contributed by atoms with van der Waals surface area (Å²) in [6.45, 7) is 4.31. The Morgan fingerprint density at radius 1 is 0.958 bits per heavy atom. The average Bonchev–Trinajstić information content (AvgIpc) is 2.98. The fourth-order valence-electron chi connectivity index (χ4n) is 4.59. The molecule has 3 heteroatoms. The molecule has 1 amide bonds. The van der Waals surface area contributed by atoms with Gasteiger partial charge in [0.2, 0.25) is 5.91 Å². The zero-order chi connectivity index (χ0) is 16.4. The van der Waals surface area contributed by atoms with Gasteiger partial charge in [0.15, 0.2) is 0 Å². The smallest absolute Gasteiger partial charge is 0.222 e. The van der Waals surface area contributed by atoms with Gasteiger partial charge in [0.25, 0.3) is 0 Å². The molecule has 0 bridgehead atoms. The van der Waals surface area contributed by atoms with Crippen LogP contribution in [0.15, 0.2) is 24.3 Å². The van der Waals surface area contributed by atoms with E-state index in [-0.39, 0.29) is 0 Å². The molecular weight excluding hydrogens is 296 g/mol. The van der Waals surface area contributed by atoms with Gasteiger partial charge in [0.1, 0.15) is 0 Å². The van der Waals surface area contributed by atoms with Crippen LogP contribution in [0.25, 0.3) is 0 Å². The summed E-state index contributed by atoms with van der Waals surface area (Å²) in [7, 11) is 0. The average molecular weight is 326 g/mol. The van der Waals surface area contributed by atoms with E-state index < -0.39 is 0 Å². The summed E-state index contributed by atoms with van der Waals surface area (Å²) >= 11 is 0. The van der Waals surface area contributed by atoms with Crippen molar-refractivity contribution in [2.75, 3.05) is 19.6 Å². The molecular formula is C21H30N2O. The van der Waals surface area contributed by atoms with Gasteiger partial charge >= 0.3 is 0 Å². The second kappa shape index (κ2) is 7.26. The number of likely N-dealkylation sites (tertiary alicyclic amines) is 2. The molecule has 2 aliphatic heterocycles. The van der Waals surface area contributed by atoms with Crippen LogP contribution >= 0.6 is 0 Å². The quantitative estimate of drug-likeness (QED) is 0.825. The Morgan fingerprint density at radius 2 is 1.75 bits per heavy atom. The van der Waals surface area contributed by atoms with Crippen molar-refractivity contribution >= 4 is 5.91 Å². The highest BCUT2D eigenvalue weighted by molar-refractivity contribution is 5.78. The number of benzene rings is 1. The van der Waals surface area contributed by atoms with Gasteiger partial charge in [-0.2, -0.15) is 0 Å². The van der Waals surface area contributed by atoms with Gasteiger partial charge in [0.05, 0.1) is 0 Å². The summed E-state index contributed by atoms with van der Waals surface area (Å²) in [5.74, 6) is 1.33. The first-order chi connectivity index (χ1) is 11.8. The van der Waals surface area contributed by atoms with E-state index >= 15 is 0 Å². The molecule has 1 aromatic rings. The minimum absolute atomic E-state index is 0.386. The molecule has 1 aromatic carbocycles. The van der Waals surface area contributed by atoms with Gasteiger partial charge in [0, 0.05) is 38.6 Å². The normalized spacial score (nSPS) is 23.7. The third kappa shape index (κ3) is 3.66. The molecule has 0 aromatic heterocycles. The van der Waals surface area contributed by atoms with Crippen LogP contribution in [0.5, 0.6) is 0 Å². The van der Waals surface area contributed by atoms with E-state index in [1.165, 1.54) is 36.8 Å². The summed E-state index contributed by atoms with van der Waals surface area (Å²) in [4.78, 5) is 16.6. The Hall–Kier alpha value is -1.35. The minimum Gasteiger partial charge on any atom is -0.340 e. The van der Waals surface area contributed by atoms with Crippen molar-refractivity contribution in [2.24, 2.45) is 5.92 Å². The Kier molecular flexibility index (Phi) is 4.88. The Morgan fingerprint density at radius 3 is 2.42 bits per heavy atom. The van der Waals surface area contributed by atoms with Crippen LogP contribution in [0.1, 0.15) is 56.1 Å². The van der Waals surface area contributed by atoms with Gasteiger partial charge in [-0.15, -0.1) is 0 Å². The van der Waals surface area contributed by atoms with Crippen LogP contribution in [-0.4, -0.2) is 41.4 Å². The highest BCUT2D eigenvalue weighted by atomic mass is 16.2. The number of hydrogen-bond donors (Lipinski definition) is 0. The predicted octanol–water partition coefficient (Wildman–Crippen LogP) is 3.62. The van der Waals surface area contributed by atoms with Gasteiger partial charge in [-0.25, -0.2) is 0 Å². The maximum absolute atomic E-state index is 11.9. The fourth-order valence-corrected chi connectivity index (χ4v) is 4.59. The van der Waals surface area contributed by atoms with Gasteiger partial charge in [-0.05, 0) is 42.7 Å². The molecule has 4 rings (SSSR count). The van der Waals surface area contributed by atoms with Crippen LogP contribution in [0, 0.1) is 5.92 Å². The first-order valence-corrected chi connectivity index (χ1v) is 9.87. The standard InChI is InChI=1S/C21H30N2O/c24-21-8-3-11-23(21)20-9-12-22(13-10-20)16-19-7-2-6-18(15-19)14-17-4-1-5-17/h2,6-7,15,17,20H,1,3-5,8-14,16H2. The van der Waals surface area contributed by atoms with Crippen molar-refractivity contribution < 1.29 is 4.79 Å². The summed E-state index contributed by atoms with van der Waals surface area (Å²) < 4.78 is 0. The van der Waals surface area contributed by atoms with E-state index in [0.29, 0.717) is 11.9 Å². The lowest BCUT2D eigenvalue weighted by Gasteiger charge is -2.36. The summed E-state index contributed by atoms with van der Waals surface area (Å²) in [6, 6.07) is 9.74. The van der Waals surface area contributed by atoms with Crippen molar-refractivity contribution in [2.45, 2.75) is 64.0 Å². The number of nitrogens with zero attached hydrogens (tertiary/aromatic N) is 2. The second-order valence-electron chi connectivity index (χ2n) is 8.02. The Labute approximate surface area is 146 Å². The highest BCUT2D eigenvalue weighted by Gasteiger charge is 2.30. The van der Waals surface area contributed by atoms with Crippen LogP contribution in [0.3, 0.4) is 0 Å². The molecule has 0 radical (unpaired) electrons. The molecule has 2 saturated heterocycles. The first kappa shape index (κ1) is 16.1. The maximum atomic E-state index is 11.9. The van der Waals surface area contributed by atoms with E-state index in [0.717, 1.165) is 57.8 Å². The molecule has 3 nitrogen and oxygen atoms in total. The van der Waals surface area contributed by atoms with E-state index in [9.17, 15) is 4.79 Å². The van der Waals surface area contributed by atoms with Crippen molar-refractivity contribution in [1.29, 1.82) is 0 Å². The third-order valence-corrected chi connectivity index (χ3v) is 6.25. The van der Waals surface area contributed by atoms with Crippen LogP contribution in [0.2, 0.25) is 0 Å². The summed E-state index contributed by atoms with van der Waals surface area (Å²) in [5.41, 5.74) is 2.98. The van der Waals surface area contributed by atoms with Gasteiger partial charge < -0.3 is 4.90 Å². The molecule has 3 fully saturated rings. The van der Waals surface area contributed by atoms with E-state index in [2.05, 4.69) is 34.1 Å². The lowest BCUT2D eigenvalue weighted by Crippen LogP contribution is -2.45. The lowest BCUT2D eigenvalue weighted by atomic mass is 9.81. The van der Waals surface area contributed by atoms with E-state index in [1.54, 1.807) is 0 Å². The Bertz CT molecular complexity index is 573. The molecule has 130 valence electrons. The van der Waals surface area contributed by atoms with Crippen molar-refractivity contribution in [3.05, 3.63) is 35.4 Å². The SMILES string of the molecule is O=C1CCCN1C1CCN(Cc2cccc(CC3CCC3)c2)CC1. The van der Waals surface area contributed by atoms with Gasteiger partial charge in [-0.3, -0.25) is 9.69 Å². The molecule has 0 atom stereocenters. The van der Waals surface area contributed by atoms with E-state index in [1.807, 2.05) is 0 Å². The molecule has 1 saturated carbocycles. The van der Waals surface area contributed by atoms with Crippen LogP contribution in [-0.2, 0) is 17.8 Å². The third-order valence-electron chi connectivity index (χ3n) is 6.25. The predicted molar refractivity (Wildman–Crippen MR) is 96.7 cm³/mol. The first-order valence-electron chi connectivity index (χ1n) is 9.87. The summed E-state index contributed by atoms with van der Waals surface area (Å²) in [6.07, 6.45) is 9.67. The fraction of sp³-hybridized carbons (Fsp3) is 0.667. The minimum atomic E-state index is 0.386. The monoisotopic (exact) mass is 326 g/mol. The van der Waals surface area contributed by atoms with Crippen LogP contribution < -0.4 is 0 Å². The second-order valence-corrected chi connectivity index (χ2v) is 8.02. The van der Waals surface area contributed by atoms with Crippen molar-refractivity contribution in [3.8, 4) is 0 Å². The molecule has 0 N–H and O–H groups in total. The Balaban J connectivity index is 1.28. The molecule has 2 heterocycles. The summed E-state index contributed by atoms with van der Waals surface area (Å²) in [5, 5.41) is 0. The number of piperidine rings is 1. The van der Waals surface area contributed by atoms with Crippen molar-refractivity contribution in [1.82, 2.24) is 9.80 Å². The zero-order valence-electron chi connectivity index (χ0n) is 14.8. The highest BCUT2D eigenvalue weighted by Crippen LogP contribution is 2.30. The molecule has 24 heavy (non-hydrogen) atoms. The molecule has 1 aliphatic carbocycles. The van der Waals surface area contributed by atoms with Crippen LogP contribution in [0.4, 0.5) is 0 Å². The largest absolute Gasteiger partial charge is 0.340 e. The maximum Gasteiger partial charge on any atom is 0.222 e. The number of carbonyl (C=O) groups is 1. The molecule has 0 unspecified atom stereocenters. The molecule has 3 aliphatic rings. The number of amides is 1. The number of rotatable bonds is 5. The number of carbonyl (C=O) groups excluding carboxylic acids is 1. The topological polar surface area (TPSA) is 23.6 Å².